The summed E-state index contributed by atoms with van der Waals surface area (Å²) in [6, 6.07) is 0. The summed E-state index contributed by atoms with van der Waals surface area (Å²) in [6.07, 6.45) is 3.61. The van der Waals surface area contributed by atoms with Crippen LogP contribution in [0.4, 0.5) is 0 Å². The maximum absolute atomic E-state index is 5.39. The molecule has 3 heteroatoms. The van der Waals surface area contributed by atoms with Crippen LogP contribution in [-0.4, -0.2) is 32.7 Å². The lowest BCUT2D eigenvalue weighted by atomic mass is 10.2. The molecule has 86 valence electrons. The Morgan fingerprint density at radius 3 is 2.07 bits per heavy atom. The van der Waals surface area contributed by atoms with Gasteiger partial charge in [0.1, 0.15) is 0 Å². The van der Waals surface area contributed by atoms with Crippen molar-refractivity contribution in [3.63, 3.8) is 0 Å². The molecule has 0 fully saturated rings. The van der Waals surface area contributed by atoms with Crippen LogP contribution in [0.15, 0.2) is 0 Å². The molecule has 0 aromatic carbocycles. The molecule has 0 rings (SSSR count). The summed E-state index contributed by atoms with van der Waals surface area (Å²) >= 11 is 0. The first-order chi connectivity index (χ1) is 6.77. The molecule has 0 saturated heterocycles. The predicted octanol–water partition coefficient (Wildman–Crippen LogP) is 0.951. The summed E-state index contributed by atoms with van der Waals surface area (Å²) in [6.45, 7) is 9.75. The fourth-order valence-corrected chi connectivity index (χ4v) is 1.24. The lowest BCUT2D eigenvalue weighted by molar-refractivity contribution is 0.525. The van der Waals surface area contributed by atoms with Gasteiger partial charge in [0, 0.05) is 0 Å². The minimum absolute atomic E-state index is 0.762. The highest BCUT2D eigenvalue weighted by Crippen LogP contribution is 1.89. The Morgan fingerprint density at radius 2 is 1.50 bits per heavy atom. The molecule has 0 aliphatic heterocycles. The topological polar surface area (TPSA) is 50.1 Å². The van der Waals surface area contributed by atoms with Crippen LogP contribution in [0, 0.1) is 5.92 Å². The Hall–Kier alpha value is -0.120. The van der Waals surface area contributed by atoms with Gasteiger partial charge in [-0.25, -0.2) is 0 Å². The molecule has 0 amide bonds. The monoisotopic (exact) mass is 201 g/mol. The van der Waals surface area contributed by atoms with E-state index in [1.807, 2.05) is 0 Å². The number of rotatable bonds is 10. The van der Waals surface area contributed by atoms with Crippen LogP contribution < -0.4 is 16.4 Å². The van der Waals surface area contributed by atoms with E-state index in [2.05, 4.69) is 24.5 Å². The highest BCUT2D eigenvalue weighted by molar-refractivity contribution is 4.53. The van der Waals surface area contributed by atoms with E-state index in [0.717, 1.165) is 45.1 Å². The summed E-state index contributed by atoms with van der Waals surface area (Å²) in [5.41, 5.74) is 5.39. The molecule has 0 bridgehead atoms. The molecule has 0 atom stereocenters. The number of hydrogen-bond acceptors (Lipinski definition) is 3. The van der Waals surface area contributed by atoms with Crippen LogP contribution in [0.25, 0.3) is 0 Å². The zero-order chi connectivity index (χ0) is 10.6. The van der Waals surface area contributed by atoms with Gasteiger partial charge in [0.05, 0.1) is 0 Å². The Balaban J connectivity index is 2.85. The molecular formula is C11H27N3. The highest BCUT2D eigenvalue weighted by atomic mass is 14.9. The third kappa shape index (κ3) is 11.9. The first kappa shape index (κ1) is 13.9. The van der Waals surface area contributed by atoms with E-state index in [1.165, 1.54) is 12.8 Å². The van der Waals surface area contributed by atoms with Gasteiger partial charge in [-0.2, -0.15) is 0 Å². The zero-order valence-corrected chi connectivity index (χ0v) is 9.81. The SMILES string of the molecule is CC(C)CNCCCCNCCCN. The fraction of sp³-hybridized carbons (Fsp3) is 1.00. The second-order valence-electron chi connectivity index (χ2n) is 4.20. The van der Waals surface area contributed by atoms with E-state index >= 15 is 0 Å². The third-order valence-corrected chi connectivity index (χ3v) is 2.07. The number of unbranched alkanes of at least 4 members (excludes halogenated alkanes) is 1. The maximum Gasteiger partial charge on any atom is -0.00258 e. The van der Waals surface area contributed by atoms with Crippen molar-refractivity contribution in [1.29, 1.82) is 0 Å². The van der Waals surface area contributed by atoms with Crippen LogP contribution >= 0.6 is 0 Å². The summed E-state index contributed by atoms with van der Waals surface area (Å²) < 4.78 is 0. The Kier molecular flexibility index (Phi) is 10.9. The van der Waals surface area contributed by atoms with Crippen LogP contribution in [0.5, 0.6) is 0 Å². The fourth-order valence-electron chi connectivity index (χ4n) is 1.24. The average molecular weight is 201 g/mol. The number of nitrogens with one attached hydrogen (secondary N) is 2. The normalized spacial score (nSPS) is 11.1. The van der Waals surface area contributed by atoms with E-state index in [9.17, 15) is 0 Å². The van der Waals surface area contributed by atoms with Crippen molar-refractivity contribution in [3.8, 4) is 0 Å². The van der Waals surface area contributed by atoms with Gasteiger partial charge in [-0.3, -0.25) is 0 Å². The average Bonchev–Trinajstić information content (AvgIpc) is 2.15. The van der Waals surface area contributed by atoms with E-state index in [-0.39, 0.29) is 0 Å². The minimum atomic E-state index is 0.762. The predicted molar refractivity (Wildman–Crippen MR) is 63.5 cm³/mol. The molecule has 0 radical (unpaired) electrons. The molecule has 0 aliphatic rings. The molecular weight excluding hydrogens is 174 g/mol. The Morgan fingerprint density at radius 1 is 0.929 bits per heavy atom. The smallest absolute Gasteiger partial charge is 0.00258 e. The first-order valence-electron chi connectivity index (χ1n) is 5.89. The van der Waals surface area contributed by atoms with Crippen molar-refractivity contribution in [3.05, 3.63) is 0 Å². The number of hydrogen-bond donors (Lipinski definition) is 3. The van der Waals surface area contributed by atoms with Gasteiger partial charge >= 0.3 is 0 Å². The van der Waals surface area contributed by atoms with Crippen molar-refractivity contribution in [1.82, 2.24) is 10.6 Å². The molecule has 0 aromatic rings. The molecule has 0 aromatic heterocycles. The van der Waals surface area contributed by atoms with Gasteiger partial charge in [-0.05, 0) is 57.9 Å². The molecule has 0 unspecified atom stereocenters. The molecule has 0 spiro atoms. The van der Waals surface area contributed by atoms with Gasteiger partial charge in [-0.15, -0.1) is 0 Å². The molecule has 3 nitrogen and oxygen atoms in total. The minimum Gasteiger partial charge on any atom is -0.330 e. The lowest BCUT2D eigenvalue weighted by Gasteiger charge is -2.07. The van der Waals surface area contributed by atoms with Crippen molar-refractivity contribution in [2.45, 2.75) is 33.1 Å². The number of nitrogens with two attached hydrogens (primary N) is 1. The van der Waals surface area contributed by atoms with Gasteiger partial charge in [0.15, 0.2) is 0 Å². The largest absolute Gasteiger partial charge is 0.330 e. The Labute approximate surface area is 88.8 Å². The van der Waals surface area contributed by atoms with Crippen molar-refractivity contribution < 1.29 is 0 Å². The van der Waals surface area contributed by atoms with E-state index in [1.54, 1.807) is 0 Å². The van der Waals surface area contributed by atoms with E-state index < -0.39 is 0 Å². The third-order valence-electron chi connectivity index (χ3n) is 2.07. The van der Waals surface area contributed by atoms with Gasteiger partial charge in [0.25, 0.3) is 0 Å². The summed E-state index contributed by atoms with van der Waals surface area (Å²) in [4.78, 5) is 0. The van der Waals surface area contributed by atoms with Crippen molar-refractivity contribution in [2.24, 2.45) is 11.7 Å². The maximum atomic E-state index is 5.39. The van der Waals surface area contributed by atoms with Crippen LogP contribution in [0.1, 0.15) is 33.1 Å². The first-order valence-corrected chi connectivity index (χ1v) is 5.89. The zero-order valence-electron chi connectivity index (χ0n) is 9.81. The van der Waals surface area contributed by atoms with E-state index in [0.29, 0.717) is 0 Å². The van der Waals surface area contributed by atoms with Crippen molar-refractivity contribution in [2.75, 3.05) is 32.7 Å². The quantitative estimate of drug-likeness (QED) is 0.461. The van der Waals surface area contributed by atoms with Gasteiger partial charge < -0.3 is 16.4 Å². The molecule has 0 saturated carbocycles. The van der Waals surface area contributed by atoms with Crippen LogP contribution in [0.3, 0.4) is 0 Å². The summed E-state index contributed by atoms with van der Waals surface area (Å²) in [5, 5.41) is 6.82. The molecule has 14 heavy (non-hydrogen) atoms. The second-order valence-corrected chi connectivity index (χ2v) is 4.20. The molecule has 0 heterocycles. The van der Waals surface area contributed by atoms with Gasteiger partial charge in [0.2, 0.25) is 0 Å². The second kappa shape index (κ2) is 11.0. The molecule has 0 aliphatic carbocycles. The van der Waals surface area contributed by atoms with Crippen LogP contribution in [-0.2, 0) is 0 Å². The lowest BCUT2D eigenvalue weighted by Crippen LogP contribution is -2.23. The molecule has 4 N–H and O–H groups in total. The van der Waals surface area contributed by atoms with E-state index in [4.69, 9.17) is 5.73 Å². The standard InChI is InChI=1S/C11H27N3/c1-11(2)10-14-8-4-3-7-13-9-5-6-12/h11,13-14H,3-10,12H2,1-2H3. The van der Waals surface area contributed by atoms with Gasteiger partial charge in [-0.1, -0.05) is 13.8 Å². The summed E-state index contributed by atoms with van der Waals surface area (Å²) in [5.74, 6) is 0.762. The summed E-state index contributed by atoms with van der Waals surface area (Å²) in [7, 11) is 0. The van der Waals surface area contributed by atoms with Crippen LogP contribution in [0.2, 0.25) is 0 Å². The Bertz CT molecular complexity index is 105. The van der Waals surface area contributed by atoms with Crippen molar-refractivity contribution >= 4 is 0 Å². The highest BCUT2D eigenvalue weighted by Gasteiger charge is 1.92.